The fourth-order valence-electron chi connectivity index (χ4n) is 3.60. The summed E-state index contributed by atoms with van der Waals surface area (Å²) in [7, 11) is 0. The van der Waals surface area contributed by atoms with Crippen molar-refractivity contribution < 1.29 is 19.4 Å². The van der Waals surface area contributed by atoms with Crippen molar-refractivity contribution in [2.75, 3.05) is 26.2 Å². The number of aromatic carboxylic acids is 1. The summed E-state index contributed by atoms with van der Waals surface area (Å²) in [6.07, 6.45) is 0.334. The smallest absolute Gasteiger partial charge is 0.335 e. The monoisotopic (exact) mass is 396 g/mol. The predicted octanol–water partition coefficient (Wildman–Crippen LogP) is 3.06. The molecule has 0 bridgehead atoms. The number of amides is 1. The molecule has 29 heavy (non-hydrogen) atoms. The molecule has 1 saturated heterocycles. The Kier molecular flexibility index (Phi) is 6.88. The van der Waals surface area contributed by atoms with Gasteiger partial charge in [0, 0.05) is 32.7 Å². The maximum Gasteiger partial charge on any atom is 0.335 e. The number of carbonyl (C=O) groups excluding carboxylic acids is 1. The summed E-state index contributed by atoms with van der Waals surface area (Å²) in [5.74, 6) is -0.142. The van der Waals surface area contributed by atoms with Crippen LogP contribution in [0.3, 0.4) is 0 Å². The molecule has 0 spiro atoms. The molecule has 2 aromatic rings. The number of carbonyl (C=O) groups is 2. The van der Waals surface area contributed by atoms with E-state index in [-0.39, 0.29) is 5.91 Å². The normalized spacial score (nSPS) is 15.7. The van der Waals surface area contributed by atoms with E-state index in [9.17, 15) is 9.59 Å². The number of hydrogen-bond donors (Lipinski definition) is 1. The van der Waals surface area contributed by atoms with Crippen molar-refractivity contribution in [3.8, 4) is 5.75 Å². The minimum absolute atomic E-state index is 0.00318. The zero-order valence-electron chi connectivity index (χ0n) is 17.0. The number of rotatable bonds is 7. The van der Waals surface area contributed by atoms with Gasteiger partial charge in [0.05, 0.1) is 5.56 Å². The second kappa shape index (κ2) is 9.56. The predicted molar refractivity (Wildman–Crippen MR) is 111 cm³/mol. The molecule has 1 heterocycles. The Hall–Kier alpha value is -2.86. The fourth-order valence-corrected chi connectivity index (χ4v) is 3.60. The number of aryl methyl sites for hydroxylation is 1. The van der Waals surface area contributed by atoms with Crippen molar-refractivity contribution in [3.05, 3.63) is 65.2 Å². The van der Waals surface area contributed by atoms with Crippen molar-refractivity contribution in [1.82, 2.24) is 9.80 Å². The van der Waals surface area contributed by atoms with Gasteiger partial charge in [-0.2, -0.15) is 0 Å². The highest BCUT2D eigenvalue weighted by atomic mass is 16.5. The Bertz CT molecular complexity index is 859. The molecule has 1 aliphatic heterocycles. The van der Waals surface area contributed by atoms with Crippen LogP contribution in [0.2, 0.25) is 0 Å². The van der Waals surface area contributed by atoms with Crippen molar-refractivity contribution in [2.24, 2.45) is 0 Å². The topological polar surface area (TPSA) is 70.1 Å². The van der Waals surface area contributed by atoms with E-state index >= 15 is 0 Å². The van der Waals surface area contributed by atoms with Crippen LogP contribution in [0.15, 0.2) is 48.5 Å². The lowest BCUT2D eigenvalue weighted by molar-refractivity contribution is -0.139. The van der Waals surface area contributed by atoms with Gasteiger partial charge in [0.1, 0.15) is 5.75 Å². The summed E-state index contributed by atoms with van der Waals surface area (Å²) >= 11 is 0. The fraction of sp³-hybridized carbons (Fsp3) is 0.391. The molecule has 1 atom stereocenters. The molecule has 2 aromatic carbocycles. The van der Waals surface area contributed by atoms with E-state index in [1.165, 1.54) is 0 Å². The largest absolute Gasteiger partial charge is 0.481 e. The van der Waals surface area contributed by atoms with Gasteiger partial charge in [-0.1, -0.05) is 37.3 Å². The number of hydrogen-bond acceptors (Lipinski definition) is 4. The maximum absolute atomic E-state index is 12.8. The Balaban J connectivity index is 1.52. The van der Waals surface area contributed by atoms with Crippen LogP contribution in [0.1, 0.15) is 35.3 Å². The molecular weight excluding hydrogens is 368 g/mol. The average Bonchev–Trinajstić information content (AvgIpc) is 2.74. The lowest BCUT2D eigenvalue weighted by Gasteiger charge is -2.36. The van der Waals surface area contributed by atoms with Gasteiger partial charge in [-0.15, -0.1) is 0 Å². The van der Waals surface area contributed by atoms with Crippen LogP contribution < -0.4 is 4.74 Å². The molecule has 1 N–H and O–H groups in total. The van der Waals surface area contributed by atoms with E-state index in [1.54, 1.807) is 25.1 Å². The summed E-state index contributed by atoms with van der Waals surface area (Å²) in [6.45, 7) is 7.33. The van der Waals surface area contributed by atoms with E-state index < -0.39 is 12.1 Å². The molecule has 6 nitrogen and oxygen atoms in total. The zero-order valence-corrected chi connectivity index (χ0v) is 17.0. The zero-order chi connectivity index (χ0) is 20.8. The quantitative estimate of drug-likeness (QED) is 0.779. The summed E-state index contributed by atoms with van der Waals surface area (Å²) in [4.78, 5) is 28.0. The number of piperazine rings is 1. The number of ether oxygens (including phenoxy) is 1. The first-order chi connectivity index (χ1) is 14.0. The van der Waals surface area contributed by atoms with E-state index in [1.807, 2.05) is 35.2 Å². The molecular formula is C23H28N2O4. The maximum atomic E-state index is 12.8. The lowest BCUT2D eigenvalue weighted by Crippen LogP contribution is -2.51. The van der Waals surface area contributed by atoms with Crippen molar-refractivity contribution >= 4 is 11.9 Å². The van der Waals surface area contributed by atoms with Gasteiger partial charge >= 0.3 is 5.97 Å². The first kappa shape index (κ1) is 20.9. The minimum atomic E-state index is -0.916. The SMILES string of the molecule is CCc1ccccc1OC(C)C(=O)N1CCN(Cc2cccc(C(=O)O)c2)CC1. The molecule has 1 unspecified atom stereocenters. The third-order valence-corrected chi connectivity index (χ3v) is 5.27. The number of para-hydroxylation sites is 1. The Morgan fingerprint density at radius 1 is 1.07 bits per heavy atom. The molecule has 6 heteroatoms. The molecule has 0 aliphatic carbocycles. The van der Waals surface area contributed by atoms with Crippen LogP contribution in [0, 0.1) is 0 Å². The van der Waals surface area contributed by atoms with E-state index in [0.717, 1.165) is 36.4 Å². The number of carboxylic acid groups (broad SMARTS) is 1. The van der Waals surface area contributed by atoms with Crippen molar-refractivity contribution in [3.63, 3.8) is 0 Å². The molecule has 0 saturated carbocycles. The Morgan fingerprint density at radius 2 is 1.79 bits per heavy atom. The lowest BCUT2D eigenvalue weighted by atomic mass is 10.1. The Labute approximate surface area is 171 Å². The number of carboxylic acids is 1. The van der Waals surface area contributed by atoms with Crippen LogP contribution in [-0.4, -0.2) is 59.1 Å². The number of benzene rings is 2. The van der Waals surface area contributed by atoms with E-state index in [0.29, 0.717) is 25.2 Å². The molecule has 1 amide bonds. The van der Waals surface area contributed by atoms with Gasteiger partial charge < -0.3 is 14.7 Å². The van der Waals surface area contributed by atoms with Gasteiger partial charge in [0.15, 0.2) is 6.10 Å². The highest BCUT2D eigenvalue weighted by Crippen LogP contribution is 2.20. The molecule has 1 aliphatic rings. The summed E-state index contributed by atoms with van der Waals surface area (Å²) < 4.78 is 5.95. The molecule has 154 valence electrons. The van der Waals surface area contributed by atoms with Crippen molar-refractivity contribution in [2.45, 2.75) is 32.9 Å². The summed E-state index contributed by atoms with van der Waals surface area (Å²) in [6, 6.07) is 14.8. The second-order valence-corrected chi connectivity index (χ2v) is 7.33. The van der Waals surface area contributed by atoms with Crippen LogP contribution in [0.4, 0.5) is 0 Å². The van der Waals surface area contributed by atoms with Crippen LogP contribution in [0.5, 0.6) is 5.75 Å². The van der Waals surface area contributed by atoms with Crippen molar-refractivity contribution in [1.29, 1.82) is 0 Å². The highest BCUT2D eigenvalue weighted by Gasteiger charge is 2.26. The van der Waals surface area contributed by atoms with E-state index in [4.69, 9.17) is 9.84 Å². The molecule has 0 aromatic heterocycles. The first-order valence-electron chi connectivity index (χ1n) is 10.1. The highest BCUT2D eigenvalue weighted by molar-refractivity contribution is 5.87. The third-order valence-electron chi connectivity index (χ3n) is 5.27. The first-order valence-corrected chi connectivity index (χ1v) is 10.1. The van der Waals surface area contributed by atoms with Gasteiger partial charge in [0.25, 0.3) is 5.91 Å². The molecule has 0 radical (unpaired) electrons. The van der Waals surface area contributed by atoms with Gasteiger partial charge in [-0.3, -0.25) is 9.69 Å². The molecule has 1 fully saturated rings. The third kappa shape index (κ3) is 5.35. The average molecular weight is 396 g/mol. The van der Waals surface area contributed by atoms with Crippen LogP contribution in [-0.2, 0) is 17.8 Å². The van der Waals surface area contributed by atoms with Gasteiger partial charge in [-0.25, -0.2) is 4.79 Å². The summed E-state index contributed by atoms with van der Waals surface area (Å²) in [5, 5.41) is 9.13. The number of nitrogens with zero attached hydrogens (tertiary/aromatic N) is 2. The second-order valence-electron chi connectivity index (χ2n) is 7.33. The molecule has 3 rings (SSSR count). The standard InChI is InChI=1S/C23H28N2O4/c1-3-19-8-4-5-10-21(19)29-17(2)22(26)25-13-11-24(12-14-25)16-18-7-6-9-20(15-18)23(27)28/h4-10,15,17H,3,11-14,16H2,1-2H3,(H,27,28). The van der Waals surface area contributed by atoms with Gasteiger partial charge in [-0.05, 0) is 42.7 Å². The van der Waals surface area contributed by atoms with Gasteiger partial charge in [0.2, 0.25) is 0 Å². The van der Waals surface area contributed by atoms with Crippen LogP contribution in [0.25, 0.3) is 0 Å². The minimum Gasteiger partial charge on any atom is -0.481 e. The van der Waals surface area contributed by atoms with E-state index in [2.05, 4.69) is 11.8 Å². The Morgan fingerprint density at radius 3 is 2.48 bits per heavy atom. The summed E-state index contributed by atoms with van der Waals surface area (Å²) in [5.41, 5.74) is 2.37. The van der Waals surface area contributed by atoms with Crippen LogP contribution >= 0.6 is 0 Å².